The minimum Gasteiger partial charge on any atom is -0.378 e. The SMILES string of the molecule is Cc1ccc(S(=O)(=O)O/C(=C\c2ccccc2)c2ccccc2)cc1. The van der Waals surface area contributed by atoms with E-state index >= 15 is 0 Å². The molecule has 0 unspecified atom stereocenters. The molecule has 0 atom stereocenters. The average Bonchev–Trinajstić information content (AvgIpc) is 2.63. The summed E-state index contributed by atoms with van der Waals surface area (Å²) in [6.07, 6.45) is 1.72. The fraction of sp³-hybridized carbons (Fsp3) is 0.0476. The van der Waals surface area contributed by atoms with E-state index in [1.807, 2.05) is 67.6 Å². The van der Waals surface area contributed by atoms with Gasteiger partial charge in [0.05, 0.1) is 0 Å². The van der Waals surface area contributed by atoms with Crippen molar-refractivity contribution >= 4 is 22.0 Å². The van der Waals surface area contributed by atoms with Crippen LogP contribution in [0, 0.1) is 6.92 Å². The van der Waals surface area contributed by atoms with Crippen molar-refractivity contribution in [3.63, 3.8) is 0 Å². The molecule has 0 radical (unpaired) electrons. The molecule has 3 rings (SSSR count). The lowest BCUT2D eigenvalue weighted by atomic mass is 10.1. The smallest absolute Gasteiger partial charge is 0.339 e. The van der Waals surface area contributed by atoms with Gasteiger partial charge in [-0.15, -0.1) is 0 Å². The van der Waals surface area contributed by atoms with Crippen LogP contribution in [0.4, 0.5) is 0 Å². The molecule has 0 bridgehead atoms. The van der Waals surface area contributed by atoms with Gasteiger partial charge in [-0.1, -0.05) is 78.4 Å². The second kappa shape index (κ2) is 7.36. The minimum atomic E-state index is -3.91. The molecule has 0 amide bonds. The molecule has 0 saturated heterocycles. The van der Waals surface area contributed by atoms with Gasteiger partial charge in [0.1, 0.15) is 4.90 Å². The van der Waals surface area contributed by atoms with Gasteiger partial charge in [-0.3, -0.25) is 0 Å². The van der Waals surface area contributed by atoms with Crippen molar-refractivity contribution < 1.29 is 12.6 Å². The zero-order chi connectivity index (χ0) is 17.7. The molecule has 25 heavy (non-hydrogen) atoms. The highest BCUT2D eigenvalue weighted by atomic mass is 32.2. The molecule has 0 spiro atoms. The Bertz CT molecular complexity index is 959. The Morgan fingerprint density at radius 2 is 1.36 bits per heavy atom. The normalized spacial score (nSPS) is 12.0. The molecular formula is C21H18O3S. The Morgan fingerprint density at radius 3 is 1.96 bits per heavy atom. The zero-order valence-corrected chi connectivity index (χ0v) is 14.6. The summed E-state index contributed by atoms with van der Waals surface area (Å²) in [5.41, 5.74) is 2.55. The summed E-state index contributed by atoms with van der Waals surface area (Å²) in [6, 6.07) is 25.3. The first kappa shape index (κ1) is 17.0. The quantitative estimate of drug-likeness (QED) is 0.373. The number of aryl methyl sites for hydroxylation is 1. The van der Waals surface area contributed by atoms with Gasteiger partial charge in [-0.25, -0.2) is 0 Å². The van der Waals surface area contributed by atoms with Crippen LogP contribution in [-0.4, -0.2) is 8.42 Å². The summed E-state index contributed by atoms with van der Waals surface area (Å²) >= 11 is 0. The molecule has 0 fully saturated rings. The highest BCUT2D eigenvalue weighted by molar-refractivity contribution is 7.87. The Balaban J connectivity index is 2.01. The maximum Gasteiger partial charge on any atom is 0.339 e. The largest absolute Gasteiger partial charge is 0.378 e. The highest BCUT2D eigenvalue weighted by Gasteiger charge is 2.19. The predicted octanol–water partition coefficient (Wildman–Crippen LogP) is 4.90. The van der Waals surface area contributed by atoms with Gasteiger partial charge >= 0.3 is 10.1 Å². The van der Waals surface area contributed by atoms with E-state index in [1.54, 1.807) is 30.3 Å². The van der Waals surface area contributed by atoms with Crippen LogP contribution in [0.2, 0.25) is 0 Å². The fourth-order valence-corrected chi connectivity index (χ4v) is 3.28. The third-order valence-corrected chi connectivity index (χ3v) is 4.91. The molecule has 3 nitrogen and oxygen atoms in total. The summed E-state index contributed by atoms with van der Waals surface area (Å²) < 4.78 is 30.8. The molecule has 0 aliphatic carbocycles. The molecule has 126 valence electrons. The lowest BCUT2D eigenvalue weighted by molar-refractivity contribution is 0.465. The maximum absolute atomic E-state index is 12.7. The van der Waals surface area contributed by atoms with Crippen molar-refractivity contribution in [2.45, 2.75) is 11.8 Å². The van der Waals surface area contributed by atoms with Gasteiger partial charge in [0.25, 0.3) is 0 Å². The van der Waals surface area contributed by atoms with E-state index in [-0.39, 0.29) is 10.7 Å². The van der Waals surface area contributed by atoms with Crippen molar-refractivity contribution in [2.75, 3.05) is 0 Å². The minimum absolute atomic E-state index is 0.132. The van der Waals surface area contributed by atoms with E-state index in [2.05, 4.69) is 0 Å². The monoisotopic (exact) mass is 350 g/mol. The molecule has 3 aromatic carbocycles. The fourth-order valence-electron chi connectivity index (χ4n) is 2.33. The van der Waals surface area contributed by atoms with Crippen LogP contribution < -0.4 is 0 Å². The molecule has 0 saturated carbocycles. The molecule has 0 aromatic heterocycles. The van der Waals surface area contributed by atoms with Gasteiger partial charge in [0.15, 0.2) is 5.76 Å². The summed E-state index contributed by atoms with van der Waals surface area (Å²) in [4.78, 5) is 0.132. The molecule has 4 heteroatoms. The Hall–Kier alpha value is -2.85. The first-order chi connectivity index (χ1) is 12.0. The van der Waals surface area contributed by atoms with E-state index in [4.69, 9.17) is 4.18 Å². The van der Waals surface area contributed by atoms with Gasteiger partial charge in [-0.05, 0) is 30.7 Å². The van der Waals surface area contributed by atoms with Gasteiger partial charge in [0.2, 0.25) is 0 Å². The second-order valence-corrected chi connectivity index (χ2v) is 7.18. The van der Waals surface area contributed by atoms with Crippen LogP contribution in [0.1, 0.15) is 16.7 Å². The van der Waals surface area contributed by atoms with Gasteiger partial charge in [0, 0.05) is 5.56 Å². The Kier molecular flexibility index (Phi) is 5.00. The number of hydrogen-bond donors (Lipinski definition) is 0. The first-order valence-electron chi connectivity index (χ1n) is 7.88. The standard InChI is InChI=1S/C21H18O3S/c1-17-12-14-20(15-13-17)25(22,23)24-21(19-10-6-3-7-11-19)16-18-8-4-2-5-9-18/h2-16H,1H3/b21-16-. The Labute approximate surface area is 148 Å². The van der Waals surface area contributed by atoms with E-state index in [0.717, 1.165) is 11.1 Å². The number of hydrogen-bond acceptors (Lipinski definition) is 3. The van der Waals surface area contributed by atoms with Crippen LogP contribution in [0.5, 0.6) is 0 Å². The van der Waals surface area contributed by atoms with Gasteiger partial charge in [-0.2, -0.15) is 8.42 Å². The highest BCUT2D eigenvalue weighted by Crippen LogP contribution is 2.25. The lowest BCUT2D eigenvalue weighted by Gasteiger charge is -2.11. The molecule has 0 heterocycles. The van der Waals surface area contributed by atoms with E-state index in [1.165, 1.54) is 0 Å². The predicted molar refractivity (Wildman–Crippen MR) is 100 cm³/mol. The number of benzene rings is 3. The van der Waals surface area contributed by atoms with Crippen molar-refractivity contribution in [3.05, 3.63) is 102 Å². The van der Waals surface area contributed by atoms with Crippen LogP contribution in [-0.2, 0) is 14.3 Å². The van der Waals surface area contributed by atoms with Gasteiger partial charge < -0.3 is 4.18 Å². The van der Waals surface area contributed by atoms with E-state index in [9.17, 15) is 8.42 Å². The Morgan fingerprint density at radius 1 is 0.800 bits per heavy atom. The lowest BCUT2D eigenvalue weighted by Crippen LogP contribution is -2.06. The molecule has 0 aliphatic rings. The first-order valence-corrected chi connectivity index (χ1v) is 9.29. The summed E-state index contributed by atoms with van der Waals surface area (Å²) in [6.45, 7) is 1.90. The maximum atomic E-state index is 12.7. The third-order valence-electron chi connectivity index (χ3n) is 3.66. The van der Waals surface area contributed by atoms with Crippen LogP contribution in [0.3, 0.4) is 0 Å². The van der Waals surface area contributed by atoms with Crippen LogP contribution >= 0.6 is 0 Å². The van der Waals surface area contributed by atoms with Crippen LogP contribution in [0.25, 0.3) is 11.8 Å². The molecular weight excluding hydrogens is 332 g/mol. The number of rotatable bonds is 5. The second-order valence-electron chi connectivity index (χ2n) is 5.64. The van der Waals surface area contributed by atoms with Crippen molar-refractivity contribution in [1.29, 1.82) is 0 Å². The van der Waals surface area contributed by atoms with Crippen molar-refractivity contribution in [1.82, 2.24) is 0 Å². The van der Waals surface area contributed by atoms with Crippen molar-refractivity contribution in [2.24, 2.45) is 0 Å². The zero-order valence-electron chi connectivity index (χ0n) is 13.8. The van der Waals surface area contributed by atoms with Crippen molar-refractivity contribution in [3.8, 4) is 0 Å². The van der Waals surface area contributed by atoms with E-state index in [0.29, 0.717) is 5.56 Å². The average molecular weight is 350 g/mol. The summed E-state index contributed by atoms with van der Waals surface area (Å²) in [7, 11) is -3.91. The summed E-state index contributed by atoms with van der Waals surface area (Å²) in [5, 5.41) is 0. The molecule has 0 N–H and O–H groups in total. The molecule has 0 aliphatic heterocycles. The molecule has 3 aromatic rings. The topological polar surface area (TPSA) is 43.4 Å². The third kappa shape index (κ3) is 4.37. The summed E-state index contributed by atoms with van der Waals surface area (Å²) in [5.74, 6) is 0.285. The van der Waals surface area contributed by atoms with E-state index < -0.39 is 10.1 Å². The van der Waals surface area contributed by atoms with Crippen LogP contribution in [0.15, 0.2) is 89.8 Å².